The van der Waals surface area contributed by atoms with Gasteiger partial charge in [-0.15, -0.1) is 37.2 Å². The Morgan fingerprint density at radius 3 is 2.46 bits per heavy atom. The number of nitrogens with two attached hydrogens (primary N) is 1. The lowest BCUT2D eigenvalue weighted by Crippen LogP contribution is -2.12. The first-order chi connectivity index (χ1) is 15.6. The van der Waals surface area contributed by atoms with Crippen molar-refractivity contribution in [2.75, 3.05) is 19.0 Å². The summed E-state index contributed by atoms with van der Waals surface area (Å²) in [5.74, 6) is 2.16. The highest BCUT2D eigenvalue weighted by Gasteiger charge is 2.10. The molecule has 0 spiro atoms. The Labute approximate surface area is 224 Å². The van der Waals surface area contributed by atoms with E-state index in [1.807, 2.05) is 67.6 Å². The van der Waals surface area contributed by atoms with Gasteiger partial charge in [-0.25, -0.2) is 9.97 Å². The van der Waals surface area contributed by atoms with E-state index in [1.54, 1.807) is 13.3 Å². The normalized spacial score (nSPS) is 11.2. The highest BCUT2D eigenvalue weighted by Crippen LogP contribution is 2.26. The molecule has 0 aliphatic heterocycles. The van der Waals surface area contributed by atoms with Crippen molar-refractivity contribution in [3.8, 4) is 5.75 Å². The van der Waals surface area contributed by atoms with Crippen molar-refractivity contribution in [1.29, 1.82) is 0 Å². The van der Waals surface area contributed by atoms with Gasteiger partial charge in [0.1, 0.15) is 11.6 Å². The molecule has 0 radical (unpaired) electrons. The van der Waals surface area contributed by atoms with Gasteiger partial charge in [0.15, 0.2) is 5.82 Å². The maximum Gasteiger partial charge on any atom is 0.155 e. The van der Waals surface area contributed by atoms with E-state index in [-0.39, 0.29) is 43.3 Å². The second-order valence-corrected chi connectivity index (χ2v) is 7.57. The monoisotopic (exact) mass is 533 g/mol. The molecule has 0 saturated carbocycles. The van der Waals surface area contributed by atoms with E-state index in [2.05, 4.69) is 22.4 Å². The number of nitrogens with zero attached hydrogens (tertiary/aromatic N) is 3. The molecular weight excluding hydrogens is 505 g/mol. The SMILES string of the molecule is COc1ccc2nc(C=Cc3ccccn3)nc(NCCc3ccccc3C(C)N)c2c1.Cl.Cl.Cl. The van der Waals surface area contributed by atoms with Gasteiger partial charge < -0.3 is 15.8 Å². The van der Waals surface area contributed by atoms with Crippen LogP contribution in [0.15, 0.2) is 66.9 Å². The van der Waals surface area contributed by atoms with Crippen LogP contribution in [-0.4, -0.2) is 28.6 Å². The molecule has 186 valence electrons. The third kappa shape index (κ3) is 7.80. The van der Waals surface area contributed by atoms with Crippen LogP contribution in [0, 0.1) is 0 Å². The Morgan fingerprint density at radius 1 is 0.971 bits per heavy atom. The molecule has 1 atom stereocenters. The van der Waals surface area contributed by atoms with Gasteiger partial charge in [-0.1, -0.05) is 30.3 Å². The predicted molar refractivity (Wildman–Crippen MR) is 152 cm³/mol. The third-order valence-corrected chi connectivity index (χ3v) is 5.24. The minimum Gasteiger partial charge on any atom is -0.497 e. The third-order valence-electron chi connectivity index (χ3n) is 5.24. The Morgan fingerprint density at radius 2 is 1.74 bits per heavy atom. The summed E-state index contributed by atoms with van der Waals surface area (Å²) < 4.78 is 5.41. The summed E-state index contributed by atoms with van der Waals surface area (Å²) in [5, 5.41) is 4.41. The van der Waals surface area contributed by atoms with Crippen LogP contribution in [-0.2, 0) is 6.42 Å². The molecule has 2 heterocycles. The van der Waals surface area contributed by atoms with Crippen LogP contribution >= 0.6 is 37.2 Å². The summed E-state index contributed by atoms with van der Waals surface area (Å²) in [5.41, 5.74) is 10.2. The molecule has 0 fully saturated rings. The Kier molecular flexibility index (Phi) is 12.5. The molecule has 0 amide bonds. The van der Waals surface area contributed by atoms with Gasteiger partial charge in [-0.2, -0.15) is 0 Å². The topological polar surface area (TPSA) is 86.0 Å². The standard InChI is InChI=1S/C26H27N5O.3ClH/c1-18(27)22-9-4-3-7-19(22)14-16-29-26-23-17-21(32-2)11-12-24(23)30-25(31-26)13-10-20-8-5-6-15-28-20;;;/h3-13,15,17-18H,14,16,27H2,1-2H3,(H,29,30,31);3*1H. The number of halogens is 3. The van der Waals surface area contributed by atoms with Crippen LogP contribution in [0.1, 0.15) is 35.6 Å². The first-order valence-corrected chi connectivity index (χ1v) is 10.7. The number of pyridine rings is 1. The van der Waals surface area contributed by atoms with Gasteiger partial charge in [0.25, 0.3) is 0 Å². The average molecular weight is 535 g/mol. The molecule has 6 nitrogen and oxygen atoms in total. The summed E-state index contributed by atoms with van der Waals surface area (Å²) in [6.45, 7) is 2.73. The molecule has 0 bridgehead atoms. The van der Waals surface area contributed by atoms with Crippen LogP contribution in [0.3, 0.4) is 0 Å². The van der Waals surface area contributed by atoms with Crippen molar-refractivity contribution in [3.05, 3.63) is 89.5 Å². The smallest absolute Gasteiger partial charge is 0.155 e. The van der Waals surface area contributed by atoms with E-state index in [0.717, 1.165) is 41.1 Å². The summed E-state index contributed by atoms with van der Waals surface area (Å²) >= 11 is 0. The molecule has 2 aromatic heterocycles. The highest BCUT2D eigenvalue weighted by atomic mass is 35.5. The van der Waals surface area contributed by atoms with Gasteiger partial charge in [-0.05, 0) is 67.0 Å². The number of hydrogen-bond donors (Lipinski definition) is 2. The quantitative estimate of drug-likeness (QED) is 0.282. The number of rotatable bonds is 8. The van der Waals surface area contributed by atoms with E-state index in [1.165, 1.54) is 11.1 Å². The van der Waals surface area contributed by atoms with Crippen LogP contribution in [0.25, 0.3) is 23.1 Å². The van der Waals surface area contributed by atoms with Crippen molar-refractivity contribution < 1.29 is 4.74 Å². The zero-order chi connectivity index (χ0) is 22.3. The molecule has 0 aliphatic carbocycles. The van der Waals surface area contributed by atoms with Crippen molar-refractivity contribution in [2.24, 2.45) is 5.73 Å². The largest absolute Gasteiger partial charge is 0.497 e. The van der Waals surface area contributed by atoms with Crippen molar-refractivity contribution in [3.63, 3.8) is 0 Å². The van der Waals surface area contributed by atoms with Crippen molar-refractivity contribution >= 4 is 66.1 Å². The molecule has 0 aliphatic rings. The molecule has 3 N–H and O–H groups in total. The molecule has 4 aromatic rings. The number of anilines is 1. The van der Waals surface area contributed by atoms with Crippen LogP contribution < -0.4 is 15.8 Å². The maximum atomic E-state index is 6.14. The van der Waals surface area contributed by atoms with Gasteiger partial charge in [0.05, 0.1) is 18.3 Å². The zero-order valence-corrected chi connectivity index (χ0v) is 22.0. The van der Waals surface area contributed by atoms with E-state index in [9.17, 15) is 0 Å². The predicted octanol–water partition coefficient (Wildman–Crippen LogP) is 6.14. The molecule has 9 heteroatoms. The van der Waals surface area contributed by atoms with E-state index < -0.39 is 0 Å². The number of aromatic nitrogens is 3. The summed E-state index contributed by atoms with van der Waals surface area (Å²) in [6, 6.07) is 19.9. The van der Waals surface area contributed by atoms with Crippen LogP contribution in [0.2, 0.25) is 0 Å². The minimum atomic E-state index is -0.00122. The van der Waals surface area contributed by atoms with E-state index in [0.29, 0.717) is 5.82 Å². The van der Waals surface area contributed by atoms with Crippen LogP contribution in [0.4, 0.5) is 5.82 Å². The highest BCUT2D eigenvalue weighted by molar-refractivity contribution is 5.91. The summed E-state index contributed by atoms with van der Waals surface area (Å²) in [7, 11) is 1.66. The molecule has 4 rings (SSSR count). The fraction of sp³-hybridized carbons (Fsp3) is 0.192. The lowest BCUT2D eigenvalue weighted by molar-refractivity contribution is 0.415. The minimum absolute atomic E-state index is 0. The number of nitrogens with one attached hydrogen (secondary N) is 1. The number of fused-ring (bicyclic) bond motifs is 1. The second kappa shape index (κ2) is 14.5. The Balaban J connectivity index is 0.00000204. The maximum absolute atomic E-state index is 6.14. The lowest BCUT2D eigenvalue weighted by Gasteiger charge is -2.14. The molecule has 0 saturated heterocycles. The van der Waals surface area contributed by atoms with Gasteiger partial charge >= 0.3 is 0 Å². The van der Waals surface area contributed by atoms with E-state index >= 15 is 0 Å². The molecule has 1 unspecified atom stereocenters. The fourth-order valence-electron chi connectivity index (χ4n) is 3.62. The Bertz CT molecular complexity index is 1240. The van der Waals surface area contributed by atoms with Crippen molar-refractivity contribution in [2.45, 2.75) is 19.4 Å². The number of methoxy groups -OCH3 is 1. The van der Waals surface area contributed by atoms with E-state index in [4.69, 9.17) is 20.4 Å². The van der Waals surface area contributed by atoms with Crippen molar-refractivity contribution in [1.82, 2.24) is 15.0 Å². The average Bonchev–Trinajstić information content (AvgIpc) is 2.83. The molecule has 2 aromatic carbocycles. The molecule has 35 heavy (non-hydrogen) atoms. The lowest BCUT2D eigenvalue weighted by atomic mass is 10.00. The zero-order valence-electron chi connectivity index (χ0n) is 19.5. The Hall–Kier alpha value is -2.90. The van der Waals surface area contributed by atoms with Crippen LogP contribution in [0.5, 0.6) is 5.75 Å². The van der Waals surface area contributed by atoms with Gasteiger partial charge in [-0.3, -0.25) is 4.98 Å². The first kappa shape index (κ1) is 30.1. The van der Waals surface area contributed by atoms with Gasteiger partial charge in [0, 0.05) is 24.2 Å². The summed E-state index contributed by atoms with van der Waals surface area (Å²) in [6.07, 6.45) is 6.39. The molecular formula is C26H30Cl3N5O. The summed E-state index contributed by atoms with van der Waals surface area (Å²) in [4.78, 5) is 13.8. The number of benzene rings is 2. The second-order valence-electron chi connectivity index (χ2n) is 7.57. The first-order valence-electron chi connectivity index (χ1n) is 10.7. The number of hydrogen-bond acceptors (Lipinski definition) is 6. The number of ether oxygens (including phenoxy) is 1. The van der Waals surface area contributed by atoms with Gasteiger partial charge in [0.2, 0.25) is 0 Å². The fourth-order valence-corrected chi connectivity index (χ4v) is 3.62.